The number of piperidine rings is 1. The Kier molecular flexibility index (Phi) is 8.76. The standard InChI is InChI=1S/C29H37ClN8O3S/c1-17(2)37-14-19(11-18(3)29(37)40)21-12-22(25-27(31)32-16-33-38(21)25)36-8-6-7-20(15-36)34-28(39)26-23(13-24(30)42-26)41-10-9-35(4)5/h11-14,16-17,20H,6-10,15H2,1-5H3,(H,34,39)(H2,31,32,33)/t20-/m1/s1. The average Bonchev–Trinajstić information content (AvgIpc) is 3.51. The van der Waals surface area contributed by atoms with Crippen molar-refractivity contribution in [2.75, 3.05) is 51.0 Å². The van der Waals surface area contributed by atoms with Gasteiger partial charge in [-0.05, 0) is 59.8 Å². The second-order valence-corrected chi connectivity index (χ2v) is 12.9. The van der Waals surface area contributed by atoms with Crippen molar-refractivity contribution in [1.29, 1.82) is 0 Å². The van der Waals surface area contributed by atoms with E-state index in [4.69, 9.17) is 22.1 Å². The number of pyridine rings is 1. The first-order chi connectivity index (χ1) is 20.0. The number of thiophene rings is 1. The maximum atomic E-state index is 13.3. The first-order valence-electron chi connectivity index (χ1n) is 14.0. The number of nitrogen functional groups attached to an aromatic ring is 1. The maximum absolute atomic E-state index is 13.3. The van der Waals surface area contributed by atoms with Gasteiger partial charge in [0.25, 0.3) is 11.5 Å². The Balaban J connectivity index is 1.42. The highest BCUT2D eigenvalue weighted by Gasteiger charge is 2.28. The van der Waals surface area contributed by atoms with E-state index in [9.17, 15) is 9.59 Å². The van der Waals surface area contributed by atoms with Crippen LogP contribution in [0.1, 0.15) is 48.0 Å². The van der Waals surface area contributed by atoms with Crippen molar-refractivity contribution in [3.05, 3.63) is 55.9 Å². The van der Waals surface area contributed by atoms with Crippen LogP contribution in [0.4, 0.5) is 11.5 Å². The van der Waals surface area contributed by atoms with Crippen LogP contribution >= 0.6 is 22.9 Å². The summed E-state index contributed by atoms with van der Waals surface area (Å²) in [6, 6.07) is 5.53. The molecular formula is C29H37ClN8O3S. The minimum absolute atomic E-state index is 0.00475. The fraction of sp³-hybridized carbons (Fsp3) is 0.448. The van der Waals surface area contributed by atoms with E-state index in [1.807, 2.05) is 58.1 Å². The molecule has 13 heteroatoms. The van der Waals surface area contributed by atoms with Gasteiger partial charge in [0.05, 0.1) is 15.7 Å². The average molecular weight is 613 g/mol. The summed E-state index contributed by atoms with van der Waals surface area (Å²) in [6.07, 6.45) is 5.01. The summed E-state index contributed by atoms with van der Waals surface area (Å²) >= 11 is 7.48. The lowest BCUT2D eigenvalue weighted by Crippen LogP contribution is -2.47. The van der Waals surface area contributed by atoms with E-state index in [1.165, 1.54) is 17.7 Å². The molecule has 42 heavy (non-hydrogen) atoms. The molecule has 0 aliphatic carbocycles. The van der Waals surface area contributed by atoms with Gasteiger partial charge in [-0.15, -0.1) is 11.3 Å². The summed E-state index contributed by atoms with van der Waals surface area (Å²) in [6.45, 7) is 8.34. The van der Waals surface area contributed by atoms with Gasteiger partial charge < -0.3 is 30.2 Å². The molecule has 1 amide bonds. The first kappa shape index (κ1) is 29.9. The smallest absolute Gasteiger partial charge is 0.265 e. The van der Waals surface area contributed by atoms with Crippen molar-refractivity contribution in [2.24, 2.45) is 0 Å². The van der Waals surface area contributed by atoms with Crippen LogP contribution in [-0.4, -0.2) is 76.4 Å². The van der Waals surface area contributed by atoms with Crippen LogP contribution in [0.3, 0.4) is 0 Å². The Morgan fingerprint density at radius 2 is 2.10 bits per heavy atom. The Hall–Kier alpha value is -3.61. The van der Waals surface area contributed by atoms with Crippen LogP contribution in [0.25, 0.3) is 16.8 Å². The van der Waals surface area contributed by atoms with E-state index in [0.29, 0.717) is 45.0 Å². The van der Waals surface area contributed by atoms with Crippen molar-refractivity contribution >= 4 is 45.9 Å². The molecule has 0 aromatic carbocycles. The van der Waals surface area contributed by atoms with E-state index in [-0.39, 0.29) is 23.6 Å². The summed E-state index contributed by atoms with van der Waals surface area (Å²) in [5.74, 6) is 0.664. The lowest BCUT2D eigenvalue weighted by molar-refractivity contribution is 0.0933. The minimum Gasteiger partial charge on any atom is -0.490 e. The Labute approximate surface area is 253 Å². The van der Waals surface area contributed by atoms with Gasteiger partial charge in [-0.1, -0.05) is 11.6 Å². The van der Waals surface area contributed by atoms with Gasteiger partial charge in [0, 0.05) is 55.1 Å². The molecule has 4 aromatic heterocycles. The number of nitrogens with one attached hydrogen (secondary N) is 1. The molecule has 5 heterocycles. The molecule has 0 spiro atoms. The van der Waals surface area contributed by atoms with Crippen LogP contribution in [0, 0.1) is 6.92 Å². The number of likely N-dealkylation sites (N-methyl/N-ethyl adjacent to an activating group) is 1. The number of nitrogens with zero attached hydrogens (tertiary/aromatic N) is 6. The number of hydrogen-bond acceptors (Lipinski definition) is 9. The largest absolute Gasteiger partial charge is 0.490 e. The molecule has 0 radical (unpaired) electrons. The summed E-state index contributed by atoms with van der Waals surface area (Å²) in [5.41, 5.74) is 10.3. The molecular weight excluding hydrogens is 576 g/mol. The number of amides is 1. The lowest BCUT2D eigenvalue weighted by atomic mass is 10.0. The molecule has 0 unspecified atom stereocenters. The second kappa shape index (κ2) is 12.3. The fourth-order valence-corrected chi connectivity index (χ4v) is 6.34. The van der Waals surface area contributed by atoms with E-state index in [2.05, 4.69) is 20.3 Å². The van der Waals surface area contributed by atoms with Gasteiger partial charge in [0.1, 0.15) is 29.1 Å². The van der Waals surface area contributed by atoms with Gasteiger partial charge in [0.15, 0.2) is 5.82 Å². The van der Waals surface area contributed by atoms with Gasteiger partial charge in [0.2, 0.25) is 0 Å². The van der Waals surface area contributed by atoms with Crippen LogP contribution in [0.2, 0.25) is 4.34 Å². The van der Waals surface area contributed by atoms with Gasteiger partial charge in [-0.2, -0.15) is 5.10 Å². The number of carbonyl (C=O) groups is 1. The maximum Gasteiger partial charge on any atom is 0.265 e. The van der Waals surface area contributed by atoms with Gasteiger partial charge in [-0.25, -0.2) is 9.50 Å². The number of aryl methyl sites for hydroxylation is 1. The van der Waals surface area contributed by atoms with Crippen LogP contribution < -0.4 is 26.2 Å². The topological polar surface area (TPSA) is 123 Å². The normalized spacial score (nSPS) is 15.6. The highest BCUT2D eigenvalue weighted by Crippen LogP contribution is 2.36. The Morgan fingerprint density at radius 3 is 2.83 bits per heavy atom. The number of halogens is 1. The summed E-state index contributed by atoms with van der Waals surface area (Å²) in [5, 5.41) is 7.72. The van der Waals surface area contributed by atoms with Crippen molar-refractivity contribution in [3.63, 3.8) is 0 Å². The molecule has 11 nitrogen and oxygen atoms in total. The van der Waals surface area contributed by atoms with Crippen molar-refractivity contribution in [1.82, 2.24) is 29.4 Å². The monoisotopic (exact) mass is 612 g/mol. The molecule has 0 saturated carbocycles. The number of rotatable bonds is 9. The summed E-state index contributed by atoms with van der Waals surface area (Å²) < 4.78 is 9.90. The third kappa shape index (κ3) is 6.11. The van der Waals surface area contributed by atoms with E-state index < -0.39 is 0 Å². The van der Waals surface area contributed by atoms with E-state index in [0.717, 1.165) is 42.9 Å². The molecule has 1 aliphatic heterocycles. The van der Waals surface area contributed by atoms with Crippen molar-refractivity contribution < 1.29 is 9.53 Å². The predicted molar refractivity (Wildman–Crippen MR) is 168 cm³/mol. The summed E-state index contributed by atoms with van der Waals surface area (Å²) in [4.78, 5) is 35.1. The third-order valence-corrected chi connectivity index (χ3v) is 8.65. The second-order valence-electron chi connectivity index (χ2n) is 11.2. The molecule has 0 bridgehead atoms. The molecule has 4 aromatic rings. The molecule has 1 atom stereocenters. The van der Waals surface area contributed by atoms with Crippen LogP contribution in [0.15, 0.2) is 35.5 Å². The number of ether oxygens (including phenoxy) is 1. The van der Waals surface area contributed by atoms with Crippen molar-refractivity contribution in [3.8, 4) is 17.0 Å². The predicted octanol–water partition coefficient (Wildman–Crippen LogP) is 4.08. The van der Waals surface area contributed by atoms with Crippen LogP contribution in [0.5, 0.6) is 5.75 Å². The van der Waals surface area contributed by atoms with Crippen molar-refractivity contribution in [2.45, 2.75) is 45.7 Å². The highest BCUT2D eigenvalue weighted by molar-refractivity contribution is 7.18. The van der Waals surface area contributed by atoms with E-state index in [1.54, 1.807) is 15.1 Å². The number of aromatic nitrogens is 4. The zero-order chi connectivity index (χ0) is 30.1. The molecule has 1 saturated heterocycles. The molecule has 224 valence electrons. The quantitative estimate of drug-likeness (QED) is 0.290. The number of fused-ring (bicyclic) bond motifs is 1. The number of nitrogens with two attached hydrogens (primary N) is 1. The lowest BCUT2D eigenvalue weighted by Gasteiger charge is -2.34. The van der Waals surface area contributed by atoms with Gasteiger partial charge >= 0.3 is 0 Å². The molecule has 5 rings (SSSR count). The van der Waals surface area contributed by atoms with E-state index >= 15 is 0 Å². The number of carbonyl (C=O) groups excluding carboxylic acids is 1. The molecule has 3 N–H and O–H groups in total. The molecule has 1 fully saturated rings. The minimum atomic E-state index is -0.199. The van der Waals surface area contributed by atoms with Crippen LogP contribution in [-0.2, 0) is 0 Å². The molecule has 1 aliphatic rings. The zero-order valence-electron chi connectivity index (χ0n) is 24.6. The van der Waals surface area contributed by atoms with Gasteiger partial charge in [-0.3, -0.25) is 9.59 Å². The zero-order valence-corrected chi connectivity index (χ0v) is 26.1. The highest BCUT2D eigenvalue weighted by atomic mass is 35.5. The third-order valence-electron chi connectivity index (χ3n) is 7.40. The Bertz CT molecular complexity index is 1660. The fourth-order valence-electron chi connectivity index (χ4n) is 5.28. The first-order valence-corrected chi connectivity index (χ1v) is 15.2. The number of anilines is 2. The SMILES string of the molecule is Cc1cc(-c2cc(N3CCC[C@@H](NC(=O)c4sc(Cl)cc4OCCN(C)C)C3)c3c(N)ncnn23)cn(C(C)C)c1=O. The number of hydrogen-bond donors (Lipinski definition) is 2. The Morgan fingerprint density at radius 1 is 1.31 bits per heavy atom. The summed E-state index contributed by atoms with van der Waals surface area (Å²) in [7, 11) is 3.93.